The minimum Gasteiger partial charge on any atom is -0.389 e. The van der Waals surface area contributed by atoms with E-state index >= 15 is 0 Å². The molecule has 7 nitrogen and oxygen atoms in total. The quantitative estimate of drug-likeness (QED) is 0.696. The fraction of sp³-hybridized carbons (Fsp3) is 0.632. The summed E-state index contributed by atoms with van der Waals surface area (Å²) in [6.45, 7) is 9.03. The van der Waals surface area contributed by atoms with Gasteiger partial charge in [-0.1, -0.05) is 13.8 Å². The van der Waals surface area contributed by atoms with Crippen LogP contribution in [-0.4, -0.2) is 49.6 Å². The number of anilines is 1. The highest BCUT2D eigenvalue weighted by Crippen LogP contribution is 2.36. The number of nitrogens with one attached hydrogen (secondary N) is 2. The fourth-order valence-corrected chi connectivity index (χ4v) is 3.00. The second-order valence-corrected chi connectivity index (χ2v) is 7.36. The zero-order chi connectivity index (χ0) is 21.7. The Morgan fingerprint density at radius 1 is 1.21 bits per heavy atom. The second-order valence-electron chi connectivity index (χ2n) is 7.36. The van der Waals surface area contributed by atoms with Crippen LogP contribution in [0.15, 0.2) is 18.6 Å². The number of rotatable bonds is 5. The molecule has 0 radical (unpaired) electrons. The smallest absolute Gasteiger partial charge is 0.389 e. The van der Waals surface area contributed by atoms with Gasteiger partial charge in [0.15, 0.2) is 0 Å². The first-order chi connectivity index (χ1) is 13.6. The number of hydrogen-bond donors (Lipinski definition) is 3. The first kappa shape index (κ1) is 23.1. The summed E-state index contributed by atoms with van der Waals surface area (Å²) in [6, 6.07) is 0.119. The maximum absolute atomic E-state index is 13.4. The maximum Gasteiger partial charge on any atom is 0.419 e. The van der Waals surface area contributed by atoms with E-state index in [9.17, 15) is 18.3 Å². The van der Waals surface area contributed by atoms with Crippen LogP contribution in [0.5, 0.6) is 0 Å². The van der Waals surface area contributed by atoms with E-state index in [1.165, 1.54) is 17.1 Å². The van der Waals surface area contributed by atoms with E-state index in [0.29, 0.717) is 0 Å². The summed E-state index contributed by atoms with van der Waals surface area (Å²) in [5.41, 5.74) is -1.96. The molecule has 0 bridgehead atoms. The SMILES string of the molecule is CC.CC(C)(O)Cn1cc(-c2nc(NC3CCNCC3)ncc2C(F)(F)F)cn1. The largest absolute Gasteiger partial charge is 0.419 e. The molecule has 0 unspecified atom stereocenters. The number of piperidine rings is 1. The molecule has 0 spiro atoms. The highest BCUT2D eigenvalue weighted by atomic mass is 19.4. The fourth-order valence-electron chi connectivity index (χ4n) is 3.00. The average molecular weight is 414 g/mol. The van der Waals surface area contributed by atoms with Gasteiger partial charge in [0.05, 0.1) is 24.0 Å². The van der Waals surface area contributed by atoms with Gasteiger partial charge in [0.2, 0.25) is 5.95 Å². The molecule has 1 aliphatic heterocycles. The van der Waals surface area contributed by atoms with Crippen molar-refractivity contribution in [3.05, 3.63) is 24.2 Å². The number of nitrogens with zero attached hydrogens (tertiary/aromatic N) is 4. The molecule has 0 aliphatic carbocycles. The van der Waals surface area contributed by atoms with Gasteiger partial charge in [0.25, 0.3) is 0 Å². The standard InChI is InChI=1S/C17H23F3N6O.C2H6/c1-16(2,27)10-26-9-11(7-23-26)14-13(17(18,19)20)8-22-15(25-14)24-12-3-5-21-6-4-12;1-2/h7-9,12,21,27H,3-6,10H2,1-2H3,(H,22,24,25);1-2H3. The van der Waals surface area contributed by atoms with Gasteiger partial charge in [-0.05, 0) is 39.8 Å². The second kappa shape index (κ2) is 9.53. The molecule has 1 saturated heterocycles. The van der Waals surface area contributed by atoms with Crippen LogP contribution in [0.25, 0.3) is 11.3 Å². The van der Waals surface area contributed by atoms with Crippen LogP contribution in [0.2, 0.25) is 0 Å². The molecule has 1 fully saturated rings. The van der Waals surface area contributed by atoms with Gasteiger partial charge >= 0.3 is 6.18 Å². The van der Waals surface area contributed by atoms with Crippen molar-refractivity contribution in [3.8, 4) is 11.3 Å². The lowest BCUT2D eigenvalue weighted by Gasteiger charge is -2.24. The van der Waals surface area contributed by atoms with E-state index in [0.717, 1.165) is 32.1 Å². The minimum absolute atomic E-state index is 0.119. The first-order valence-corrected chi connectivity index (χ1v) is 9.78. The molecule has 3 rings (SSSR count). The lowest BCUT2D eigenvalue weighted by atomic mass is 10.1. The van der Waals surface area contributed by atoms with Crippen molar-refractivity contribution in [1.82, 2.24) is 25.1 Å². The van der Waals surface area contributed by atoms with Crippen LogP contribution in [0.3, 0.4) is 0 Å². The van der Waals surface area contributed by atoms with Crippen LogP contribution in [0.4, 0.5) is 19.1 Å². The Morgan fingerprint density at radius 3 is 2.45 bits per heavy atom. The van der Waals surface area contributed by atoms with Gasteiger partial charge in [-0.15, -0.1) is 0 Å². The third kappa shape index (κ3) is 6.67. The molecule has 2 aromatic rings. The van der Waals surface area contributed by atoms with Crippen LogP contribution >= 0.6 is 0 Å². The van der Waals surface area contributed by atoms with E-state index in [1.54, 1.807) is 13.8 Å². The first-order valence-electron chi connectivity index (χ1n) is 9.78. The zero-order valence-electron chi connectivity index (χ0n) is 17.2. The van der Waals surface area contributed by atoms with E-state index < -0.39 is 17.3 Å². The minimum atomic E-state index is -4.58. The lowest BCUT2D eigenvalue weighted by molar-refractivity contribution is -0.137. The van der Waals surface area contributed by atoms with Crippen LogP contribution in [-0.2, 0) is 12.7 Å². The van der Waals surface area contributed by atoms with E-state index in [4.69, 9.17) is 0 Å². The molecular formula is C19H29F3N6O. The number of alkyl halides is 3. The van der Waals surface area contributed by atoms with Gasteiger partial charge in [-0.25, -0.2) is 9.97 Å². The molecule has 10 heteroatoms. The third-order valence-electron chi connectivity index (χ3n) is 4.22. The molecular weight excluding hydrogens is 385 g/mol. The molecule has 29 heavy (non-hydrogen) atoms. The monoisotopic (exact) mass is 414 g/mol. The van der Waals surface area contributed by atoms with Crippen molar-refractivity contribution in [2.45, 2.75) is 64.9 Å². The van der Waals surface area contributed by atoms with Crippen LogP contribution in [0, 0.1) is 0 Å². The van der Waals surface area contributed by atoms with Crippen molar-refractivity contribution < 1.29 is 18.3 Å². The number of aromatic nitrogens is 4. The molecule has 0 aromatic carbocycles. The molecule has 0 atom stereocenters. The average Bonchev–Trinajstić information content (AvgIpc) is 3.10. The summed E-state index contributed by atoms with van der Waals surface area (Å²) in [4.78, 5) is 8.00. The highest BCUT2D eigenvalue weighted by Gasteiger charge is 2.36. The van der Waals surface area contributed by atoms with Crippen molar-refractivity contribution in [1.29, 1.82) is 0 Å². The molecule has 2 aromatic heterocycles. The molecule has 0 saturated carbocycles. The van der Waals surface area contributed by atoms with Crippen molar-refractivity contribution in [2.24, 2.45) is 0 Å². The summed E-state index contributed by atoms with van der Waals surface area (Å²) in [6.07, 6.45) is 0.688. The topological polar surface area (TPSA) is 87.9 Å². The maximum atomic E-state index is 13.4. The molecule has 162 valence electrons. The number of hydrogen-bond acceptors (Lipinski definition) is 6. The Balaban J connectivity index is 0.00000145. The molecule has 1 aliphatic rings. The molecule has 3 heterocycles. The number of aliphatic hydroxyl groups is 1. The van der Waals surface area contributed by atoms with Gasteiger partial charge in [-0.3, -0.25) is 4.68 Å². The Hall–Kier alpha value is -2.20. The molecule has 0 amide bonds. The van der Waals surface area contributed by atoms with Gasteiger partial charge in [0.1, 0.15) is 5.56 Å². The summed E-state index contributed by atoms with van der Waals surface area (Å²) in [5.74, 6) is 0.167. The summed E-state index contributed by atoms with van der Waals surface area (Å²) < 4.78 is 41.7. The van der Waals surface area contributed by atoms with E-state index in [-0.39, 0.29) is 29.8 Å². The van der Waals surface area contributed by atoms with Crippen molar-refractivity contribution in [3.63, 3.8) is 0 Å². The Bertz CT molecular complexity index is 779. The van der Waals surface area contributed by atoms with Crippen molar-refractivity contribution in [2.75, 3.05) is 18.4 Å². The van der Waals surface area contributed by atoms with Crippen molar-refractivity contribution >= 4 is 5.95 Å². The van der Waals surface area contributed by atoms with Crippen LogP contribution < -0.4 is 10.6 Å². The van der Waals surface area contributed by atoms with E-state index in [1.807, 2.05) is 13.8 Å². The van der Waals surface area contributed by atoms with Gasteiger partial charge in [-0.2, -0.15) is 18.3 Å². The summed E-state index contributed by atoms with van der Waals surface area (Å²) >= 11 is 0. The number of halogens is 3. The van der Waals surface area contributed by atoms with Gasteiger partial charge in [0, 0.05) is 24.0 Å². The lowest BCUT2D eigenvalue weighted by Crippen LogP contribution is -2.35. The third-order valence-corrected chi connectivity index (χ3v) is 4.22. The summed E-state index contributed by atoms with van der Waals surface area (Å²) in [7, 11) is 0. The normalized spacial score (nSPS) is 15.6. The Morgan fingerprint density at radius 2 is 1.86 bits per heavy atom. The van der Waals surface area contributed by atoms with Crippen LogP contribution in [0.1, 0.15) is 46.1 Å². The predicted molar refractivity (Wildman–Crippen MR) is 105 cm³/mol. The Kier molecular flexibility index (Phi) is 7.59. The highest BCUT2D eigenvalue weighted by molar-refractivity contribution is 5.63. The zero-order valence-corrected chi connectivity index (χ0v) is 17.2. The van der Waals surface area contributed by atoms with E-state index in [2.05, 4.69) is 25.7 Å². The summed E-state index contributed by atoms with van der Waals surface area (Å²) in [5, 5.41) is 20.3. The Labute approximate surface area is 168 Å². The molecule has 3 N–H and O–H groups in total. The predicted octanol–water partition coefficient (Wildman–Crippen LogP) is 3.32. The van der Waals surface area contributed by atoms with Gasteiger partial charge < -0.3 is 15.7 Å².